The van der Waals surface area contributed by atoms with Gasteiger partial charge in [-0.3, -0.25) is 14.8 Å². The summed E-state index contributed by atoms with van der Waals surface area (Å²) < 4.78 is 94.4. The predicted molar refractivity (Wildman–Crippen MR) is 112 cm³/mol. The largest absolute Gasteiger partial charge is 0.419 e. The SMILES string of the molecule is O=C(N[C@@H](c1ccc(C(F)(F)F)c(F)c1)c1ncccc1C(F)(F)F)c1ccc2cccnc2c1. The van der Waals surface area contributed by atoms with Gasteiger partial charge in [0, 0.05) is 23.3 Å². The van der Waals surface area contributed by atoms with Gasteiger partial charge in [0.15, 0.2) is 0 Å². The van der Waals surface area contributed by atoms with E-state index >= 15 is 0 Å². The van der Waals surface area contributed by atoms with E-state index in [4.69, 9.17) is 0 Å². The van der Waals surface area contributed by atoms with Gasteiger partial charge in [0.2, 0.25) is 0 Å². The van der Waals surface area contributed by atoms with E-state index in [0.717, 1.165) is 18.3 Å². The molecule has 1 amide bonds. The van der Waals surface area contributed by atoms with Gasteiger partial charge in [-0.1, -0.05) is 18.2 Å². The normalized spacial score (nSPS) is 13.0. The van der Waals surface area contributed by atoms with E-state index in [0.29, 0.717) is 29.1 Å². The maximum atomic E-state index is 14.3. The minimum absolute atomic E-state index is 0.0260. The molecule has 0 radical (unpaired) electrons. The van der Waals surface area contributed by atoms with Gasteiger partial charge in [0.1, 0.15) is 5.82 Å². The summed E-state index contributed by atoms with van der Waals surface area (Å²) in [5.41, 5.74) is -3.42. The fourth-order valence-corrected chi connectivity index (χ4v) is 3.56. The molecule has 0 fully saturated rings. The number of pyridine rings is 2. The number of fused-ring (bicyclic) bond motifs is 1. The second kappa shape index (κ2) is 8.97. The van der Waals surface area contributed by atoms with Crippen molar-refractivity contribution in [1.29, 1.82) is 0 Å². The number of carbonyl (C=O) groups excluding carboxylic acids is 1. The summed E-state index contributed by atoms with van der Waals surface area (Å²) in [5, 5.41) is 3.05. The van der Waals surface area contributed by atoms with E-state index in [9.17, 15) is 35.5 Å². The van der Waals surface area contributed by atoms with Gasteiger partial charge in [0.25, 0.3) is 5.91 Å². The molecular weight excluding hydrogens is 479 g/mol. The molecule has 0 spiro atoms. The maximum absolute atomic E-state index is 14.3. The Labute approximate surface area is 193 Å². The Morgan fingerprint density at radius 2 is 1.49 bits per heavy atom. The van der Waals surface area contributed by atoms with E-state index in [-0.39, 0.29) is 11.1 Å². The van der Waals surface area contributed by atoms with Crippen molar-refractivity contribution >= 4 is 16.8 Å². The molecule has 1 atom stereocenters. The van der Waals surface area contributed by atoms with Gasteiger partial charge in [0.05, 0.1) is 28.4 Å². The standard InChI is InChI=1S/C24H14F7N3O/c25-18-11-14(7-8-16(18)23(26,27)28)20(21-17(24(29,30)31)4-2-10-33-21)34-22(35)15-6-5-13-3-1-9-32-19(13)12-15/h1-12,20H,(H,34,35)/t20-/m0/s1. The van der Waals surface area contributed by atoms with E-state index in [1.165, 1.54) is 18.3 Å². The molecule has 4 aromatic rings. The predicted octanol–water partition coefficient (Wildman–Crippen LogP) is 6.33. The third-order valence-corrected chi connectivity index (χ3v) is 5.19. The van der Waals surface area contributed by atoms with Gasteiger partial charge in [-0.15, -0.1) is 0 Å². The van der Waals surface area contributed by atoms with Crippen molar-refractivity contribution in [3.8, 4) is 0 Å². The molecule has 11 heteroatoms. The number of hydrogen-bond acceptors (Lipinski definition) is 3. The van der Waals surface area contributed by atoms with Crippen LogP contribution in [-0.2, 0) is 12.4 Å². The lowest BCUT2D eigenvalue weighted by Crippen LogP contribution is -2.32. The molecule has 0 unspecified atom stereocenters. The summed E-state index contributed by atoms with van der Waals surface area (Å²) in [6.07, 6.45) is -7.39. The summed E-state index contributed by atoms with van der Waals surface area (Å²) in [6.45, 7) is 0. The lowest BCUT2D eigenvalue weighted by Gasteiger charge is -2.23. The van der Waals surface area contributed by atoms with Gasteiger partial charge in [-0.2, -0.15) is 26.3 Å². The molecule has 0 saturated heterocycles. The molecule has 2 aromatic carbocycles. The molecule has 35 heavy (non-hydrogen) atoms. The zero-order valence-electron chi connectivity index (χ0n) is 17.5. The Balaban J connectivity index is 1.81. The number of halogens is 7. The van der Waals surface area contributed by atoms with Crippen molar-refractivity contribution in [2.75, 3.05) is 0 Å². The minimum Gasteiger partial charge on any atom is -0.340 e. The zero-order valence-corrected chi connectivity index (χ0v) is 17.5. The smallest absolute Gasteiger partial charge is 0.340 e. The second-order valence-corrected chi connectivity index (χ2v) is 7.49. The Morgan fingerprint density at radius 3 is 2.17 bits per heavy atom. The number of alkyl halides is 6. The number of amides is 1. The van der Waals surface area contributed by atoms with Crippen molar-refractivity contribution in [2.24, 2.45) is 0 Å². The quantitative estimate of drug-likeness (QED) is 0.338. The first-order chi connectivity index (χ1) is 16.4. The highest BCUT2D eigenvalue weighted by atomic mass is 19.4. The van der Waals surface area contributed by atoms with Crippen LogP contribution in [0, 0.1) is 5.82 Å². The highest BCUT2D eigenvalue weighted by molar-refractivity contribution is 5.98. The summed E-state index contributed by atoms with van der Waals surface area (Å²) in [7, 11) is 0. The molecule has 2 aromatic heterocycles. The van der Waals surface area contributed by atoms with Crippen LogP contribution in [0.1, 0.15) is 38.8 Å². The van der Waals surface area contributed by atoms with Crippen LogP contribution in [-0.4, -0.2) is 15.9 Å². The first-order valence-electron chi connectivity index (χ1n) is 9.99. The van der Waals surface area contributed by atoms with Gasteiger partial charge < -0.3 is 5.32 Å². The van der Waals surface area contributed by atoms with E-state index < -0.39 is 46.9 Å². The second-order valence-electron chi connectivity index (χ2n) is 7.49. The molecule has 0 aliphatic heterocycles. The first kappa shape index (κ1) is 24.1. The van der Waals surface area contributed by atoms with E-state index in [1.54, 1.807) is 18.2 Å². The number of carbonyl (C=O) groups is 1. The third-order valence-electron chi connectivity index (χ3n) is 5.19. The fourth-order valence-electron chi connectivity index (χ4n) is 3.56. The van der Waals surface area contributed by atoms with Crippen LogP contribution < -0.4 is 5.32 Å². The lowest BCUT2D eigenvalue weighted by molar-refractivity contribution is -0.140. The van der Waals surface area contributed by atoms with Crippen LogP contribution in [0.25, 0.3) is 10.9 Å². The topological polar surface area (TPSA) is 54.9 Å². The number of rotatable bonds is 4. The van der Waals surface area contributed by atoms with Gasteiger partial charge >= 0.3 is 12.4 Å². The Morgan fingerprint density at radius 1 is 0.800 bits per heavy atom. The third kappa shape index (κ3) is 5.08. The molecule has 0 bridgehead atoms. The summed E-state index contributed by atoms with van der Waals surface area (Å²) in [4.78, 5) is 20.8. The first-order valence-corrected chi connectivity index (χ1v) is 9.99. The Kier molecular flexibility index (Phi) is 6.18. The van der Waals surface area contributed by atoms with Crippen molar-refractivity contribution in [1.82, 2.24) is 15.3 Å². The number of aromatic nitrogens is 2. The summed E-state index contributed by atoms with van der Waals surface area (Å²) in [6, 6.07) is 9.46. The molecule has 2 heterocycles. The molecule has 4 nitrogen and oxygen atoms in total. The zero-order chi connectivity index (χ0) is 25.4. The van der Waals surface area contributed by atoms with E-state index in [2.05, 4.69) is 15.3 Å². The van der Waals surface area contributed by atoms with E-state index in [1.807, 2.05) is 0 Å². The average Bonchev–Trinajstić information content (AvgIpc) is 2.80. The maximum Gasteiger partial charge on any atom is 0.419 e. The van der Waals surface area contributed by atoms with Crippen molar-refractivity contribution in [3.63, 3.8) is 0 Å². The Bertz CT molecular complexity index is 1400. The van der Waals surface area contributed by atoms with Crippen LogP contribution in [0.3, 0.4) is 0 Å². The van der Waals surface area contributed by atoms with Gasteiger partial charge in [-0.25, -0.2) is 4.39 Å². The van der Waals surface area contributed by atoms with Crippen LogP contribution >= 0.6 is 0 Å². The average molecular weight is 493 g/mol. The molecular formula is C24H14F7N3O. The molecule has 0 saturated carbocycles. The molecule has 0 aliphatic carbocycles. The summed E-state index contributed by atoms with van der Waals surface area (Å²) in [5.74, 6) is -2.56. The Hall–Kier alpha value is -4.02. The van der Waals surface area contributed by atoms with Crippen molar-refractivity contribution < 1.29 is 35.5 Å². The number of nitrogens with zero attached hydrogens (tertiary/aromatic N) is 2. The molecule has 180 valence electrons. The lowest BCUT2D eigenvalue weighted by atomic mass is 9.97. The summed E-state index contributed by atoms with van der Waals surface area (Å²) >= 11 is 0. The fraction of sp³-hybridized carbons (Fsp3) is 0.125. The highest BCUT2D eigenvalue weighted by Crippen LogP contribution is 2.37. The number of benzene rings is 2. The van der Waals surface area contributed by atoms with Crippen LogP contribution in [0.2, 0.25) is 0 Å². The minimum atomic E-state index is -5.01. The number of hydrogen-bond donors (Lipinski definition) is 1. The van der Waals surface area contributed by atoms with Crippen LogP contribution in [0.4, 0.5) is 30.7 Å². The molecule has 1 N–H and O–H groups in total. The molecule has 4 rings (SSSR count). The van der Waals surface area contributed by atoms with Crippen molar-refractivity contribution in [2.45, 2.75) is 18.4 Å². The van der Waals surface area contributed by atoms with Crippen LogP contribution in [0.5, 0.6) is 0 Å². The molecule has 0 aliphatic rings. The monoisotopic (exact) mass is 493 g/mol. The van der Waals surface area contributed by atoms with Crippen molar-refractivity contribution in [3.05, 3.63) is 107 Å². The van der Waals surface area contributed by atoms with Crippen LogP contribution in [0.15, 0.2) is 73.1 Å². The highest BCUT2D eigenvalue weighted by Gasteiger charge is 2.38. The number of nitrogens with one attached hydrogen (secondary N) is 1. The van der Waals surface area contributed by atoms with Gasteiger partial charge in [-0.05, 0) is 48.0 Å².